The maximum absolute atomic E-state index is 15.2. The molecule has 2 aliphatic rings. The number of sulfonamides is 1. The molecule has 45 heavy (non-hydrogen) atoms. The highest BCUT2D eigenvalue weighted by Crippen LogP contribution is 2.35. The standard InChI is InChI=1S/C29H32ClF5N6O3S/c1-40-25(29(33,34)35)13-24(39-40)26(16-7-10-20(30)22(32)12-16)27(36)28(42)38-23-6-2-5-21(31)19(23)9-8-18-14-37-17-4-3-11-45(43,44)41(18)15-17/h2,5-7,10,12-13,17-18,26-27,37H,3-4,8-9,11,14-15,36H2,1H3,(H,38,42). The van der Waals surface area contributed by atoms with E-state index >= 15 is 4.39 Å². The number of nitrogens with zero attached hydrogens (tertiary/aromatic N) is 3. The van der Waals surface area contributed by atoms with Gasteiger partial charge in [-0.1, -0.05) is 23.7 Å². The van der Waals surface area contributed by atoms with Gasteiger partial charge in [0.1, 0.15) is 17.3 Å². The van der Waals surface area contributed by atoms with Crippen LogP contribution in [-0.4, -0.2) is 65.4 Å². The molecule has 9 nitrogen and oxygen atoms in total. The first-order valence-electron chi connectivity index (χ1n) is 14.3. The molecule has 1 amide bonds. The van der Waals surface area contributed by atoms with E-state index in [-0.39, 0.29) is 52.2 Å². The van der Waals surface area contributed by atoms with Gasteiger partial charge in [-0.25, -0.2) is 17.2 Å². The van der Waals surface area contributed by atoms with E-state index in [4.69, 9.17) is 17.3 Å². The Kier molecular flexibility index (Phi) is 9.57. The maximum Gasteiger partial charge on any atom is 0.433 e. The number of alkyl halides is 3. The van der Waals surface area contributed by atoms with Gasteiger partial charge < -0.3 is 16.4 Å². The second-order valence-corrected chi connectivity index (χ2v) is 13.8. The highest BCUT2D eigenvalue weighted by Gasteiger charge is 2.39. The number of nitrogens with one attached hydrogen (secondary N) is 2. The fourth-order valence-corrected chi connectivity index (χ4v) is 7.95. The average Bonchev–Trinajstić information content (AvgIpc) is 3.31. The predicted molar refractivity (Wildman–Crippen MR) is 158 cm³/mol. The summed E-state index contributed by atoms with van der Waals surface area (Å²) in [7, 11) is -2.40. The molecule has 0 aliphatic carbocycles. The van der Waals surface area contributed by atoms with Gasteiger partial charge in [0.2, 0.25) is 15.9 Å². The van der Waals surface area contributed by atoms with Gasteiger partial charge in [-0.05, 0) is 61.6 Å². The minimum atomic E-state index is -4.76. The summed E-state index contributed by atoms with van der Waals surface area (Å²) in [6.07, 6.45) is -3.14. The summed E-state index contributed by atoms with van der Waals surface area (Å²) in [6.45, 7) is 0.729. The van der Waals surface area contributed by atoms with E-state index in [1.54, 1.807) is 0 Å². The van der Waals surface area contributed by atoms with Crippen LogP contribution in [0.1, 0.15) is 47.7 Å². The summed E-state index contributed by atoms with van der Waals surface area (Å²) in [6, 6.07) is 6.27. The van der Waals surface area contributed by atoms with E-state index in [0.717, 1.165) is 25.6 Å². The molecular formula is C29H32ClF5N6O3S. The lowest BCUT2D eigenvalue weighted by Crippen LogP contribution is -2.57. The molecule has 1 aromatic heterocycles. The van der Waals surface area contributed by atoms with E-state index in [9.17, 15) is 30.8 Å². The van der Waals surface area contributed by atoms with E-state index in [1.807, 2.05) is 0 Å². The molecule has 4 N–H and O–H groups in total. The molecule has 2 aromatic carbocycles. The molecule has 5 unspecified atom stereocenters. The lowest BCUT2D eigenvalue weighted by atomic mass is 9.88. The highest BCUT2D eigenvalue weighted by molar-refractivity contribution is 7.89. The van der Waals surface area contributed by atoms with Crippen molar-refractivity contribution in [3.05, 3.63) is 81.6 Å². The number of halogens is 6. The van der Waals surface area contributed by atoms with Crippen LogP contribution in [0.15, 0.2) is 42.5 Å². The van der Waals surface area contributed by atoms with Crippen LogP contribution in [0.4, 0.5) is 27.6 Å². The Hall–Kier alpha value is -3.11. The second-order valence-electron chi connectivity index (χ2n) is 11.3. The summed E-state index contributed by atoms with van der Waals surface area (Å²) < 4.78 is 98.2. The molecule has 0 radical (unpaired) electrons. The minimum absolute atomic E-state index is 0.0417. The van der Waals surface area contributed by atoms with Gasteiger partial charge in [-0.3, -0.25) is 9.48 Å². The van der Waals surface area contributed by atoms with Crippen LogP contribution in [0.5, 0.6) is 0 Å². The zero-order chi connectivity index (χ0) is 32.7. The molecule has 5 rings (SSSR count). The van der Waals surface area contributed by atoms with Crippen LogP contribution in [0.3, 0.4) is 0 Å². The van der Waals surface area contributed by atoms with Crippen molar-refractivity contribution in [2.24, 2.45) is 12.8 Å². The number of carbonyl (C=O) groups is 1. The van der Waals surface area contributed by atoms with Crippen molar-refractivity contribution in [2.75, 3.05) is 24.2 Å². The Labute approximate surface area is 262 Å². The summed E-state index contributed by atoms with van der Waals surface area (Å²) in [5.74, 6) is -3.71. The maximum atomic E-state index is 15.2. The average molecular weight is 675 g/mol. The van der Waals surface area contributed by atoms with E-state index in [1.165, 1.54) is 34.6 Å². The largest absolute Gasteiger partial charge is 0.433 e. The molecule has 2 aliphatic heterocycles. The number of anilines is 1. The Bertz CT molecular complexity index is 1680. The van der Waals surface area contributed by atoms with Crippen molar-refractivity contribution in [3.8, 4) is 0 Å². The molecule has 5 atom stereocenters. The number of nitrogens with two attached hydrogens (primary N) is 1. The third kappa shape index (κ3) is 7.17. The van der Waals surface area contributed by atoms with E-state index < -0.39 is 57.4 Å². The van der Waals surface area contributed by atoms with Crippen LogP contribution >= 0.6 is 11.6 Å². The van der Waals surface area contributed by atoms with Gasteiger partial charge in [0.25, 0.3) is 0 Å². The highest BCUT2D eigenvalue weighted by atomic mass is 35.5. The molecule has 0 saturated carbocycles. The molecule has 3 heterocycles. The first kappa shape index (κ1) is 33.3. The van der Waals surface area contributed by atoms with Gasteiger partial charge in [0.05, 0.1) is 28.4 Å². The Balaban J connectivity index is 1.40. The smallest absolute Gasteiger partial charge is 0.324 e. The Morgan fingerprint density at radius 1 is 1.20 bits per heavy atom. The SMILES string of the molecule is Cn1nc(C(c2ccc(Cl)c(F)c2)C(N)C(=O)Nc2cccc(F)c2CCC2CNC3CCCS(=O)(=O)N2C3)cc1C(F)(F)F. The number of benzene rings is 2. The third-order valence-electron chi connectivity index (χ3n) is 8.34. The van der Waals surface area contributed by atoms with Crippen molar-refractivity contribution in [3.63, 3.8) is 0 Å². The van der Waals surface area contributed by atoms with Crippen LogP contribution in [0.25, 0.3) is 0 Å². The van der Waals surface area contributed by atoms with Gasteiger partial charge in [-0.2, -0.15) is 22.6 Å². The van der Waals surface area contributed by atoms with Crippen molar-refractivity contribution in [1.82, 2.24) is 19.4 Å². The second kappa shape index (κ2) is 12.9. The van der Waals surface area contributed by atoms with Crippen molar-refractivity contribution in [2.45, 2.75) is 55.9 Å². The third-order valence-corrected chi connectivity index (χ3v) is 10.6. The molecule has 2 saturated heterocycles. The monoisotopic (exact) mass is 674 g/mol. The Morgan fingerprint density at radius 3 is 2.64 bits per heavy atom. The van der Waals surface area contributed by atoms with Crippen molar-refractivity contribution in [1.29, 1.82) is 0 Å². The number of aryl methyl sites for hydroxylation is 1. The molecule has 3 aromatic rings. The lowest BCUT2D eigenvalue weighted by molar-refractivity contribution is -0.143. The lowest BCUT2D eigenvalue weighted by Gasteiger charge is -2.37. The normalized spacial score (nSPS) is 22.8. The van der Waals surface area contributed by atoms with Crippen LogP contribution < -0.4 is 16.4 Å². The van der Waals surface area contributed by atoms with Crippen LogP contribution in [0, 0.1) is 11.6 Å². The number of amides is 1. The number of piperazine rings is 1. The van der Waals surface area contributed by atoms with Crippen molar-refractivity contribution >= 4 is 33.2 Å². The summed E-state index contributed by atoms with van der Waals surface area (Å²) in [5.41, 5.74) is 5.21. The fraction of sp³-hybridized carbons (Fsp3) is 0.448. The molecule has 244 valence electrons. The van der Waals surface area contributed by atoms with Crippen LogP contribution in [-0.2, 0) is 34.5 Å². The zero-order valence-electron chi connectivity index (χ0n) is 24.1. The molecule has 16 heteroatoms. The number of carbonyl (C=O) groups excluding carboxylic acids is 1. The quantitative estimate of drug-likeness (QED) is 0.309. The number of hydrogen-bond acceptors (Lipinski definition) is 6. The van der Waals surface area contributed by atoms with Crippen molar-refractivity contribution < 1.29 is 35.2 Å². The minimum Gasteiger partial charge on any atom is -0.324 e. The summed E-state index contributed by atoms with van der Waals surface area (Å²) in [5, 5.41) is 9.63. The summed E-state index contributed by atoms with van der Waals surface area (Å²) >= 11 is 5.81. The van der Waals surface area contributed by atoms with Gasteiger partial charge in [-0.15, -0.1) is 0 Å². The fourth-order valence-electron chi connectivity index (χ4n) is 6.03. The molecular weight excluding hydrogens is 643 g/mol. The van der Waals surface area contributed by atoms with Gasteiger partial charge in [0, 0.05) is 43.5 Å². The van der Waals surface area contributed by atoms with E-state index in [0.29, 0.717) is 24.2 Å². The first-order chi connectivity index (χ1) is 21.2. The topological polar surface area (TPSA) is 122 Å². The molecule has 2 fully saturated rings. The van der Waals surface area contributed by atoms with Gasteiger partial charge >= 0.3 is 6.18 Å². The number of fused-ring (bicyclic) bond motifs is 2. The van der Waals surface area contributed by atoms with Crippen LogP contribution in [0.2, 0.25) is 5.02 Å². The molecule has 0 spiro atoms. The number of rotatable bonds is 8. The Morgan fingerprint density at radius 2 is 1.96 bits per heavy atom. The number of aromatic nitrogens is 2. The number of hydrogen-bond donors (Lipinski definition) is 3. The van der Waals surface area contributed by atoms with E-state index in [2.05, 4.69) is 15.7 Å². The zero-order valence-corrected chi connectivity index (χ0v) is 25.7. The predicted octanol–water partition coefficient (Wildman–Crippen LogP) is 4.17. The first-order valence-corrected chi connectivity index (χ1v) is 16.3. The summed E-state index contributed by atoms with van der Waals surface area (Å²) in [4.78, 5) is 13.5. The molecule has 2 bridgehead atoms. The van der Waals surface area contributed by atoms with Gasteiger partial charge in [0.15, 0.2) is 0 Å².